The van der Waals surface area contributed by atoms with Crippen molar-refractivity contribution in [3.63, 3.8) is 0 Å². The Labute approximate surface area is 186 Å². The third kappa shape index (κ3) is 6.08. The van der Waals surface area contributed by atoms with Crippen LogP contribution >= 0.6 is 12.2 Å². The molecule has 0 aliphatic heterocycles. The molecular weight excluding hydrogens is 414 g/mol. The van der Waals surface area contributed by atoms with Gasteiger partial charge in [-0.1, -0.05) is 18.2 Å². The maximum absolute atomic E-state index is 11.8. The number of fused-ring (bicyclic) bond motifs is 1. The number of nitrogens with zero attached hydrogens (tertiary/aromatic N) is 1. The standard InChI is InChI=1S/C22H27N5O3S/c1-29-16-8-9-19(30-2)15(14-16)10-13-25-22(31)24-12-5-11-23-20-17-6-3-4-7-18(17)21(28)27-26-20/h3-4,6-9,14H,5,10-13H2,1-2H3,(H,23,26)(H,27,28)(H2,24,25,31). The molecule has 3 rings (SSSR count). The Morgan fingerprint density at radius 1 is 1.03 bits per heavy atom. The Balaban J connectivity index is 1.38. The quantitative estimate of drug-likeness (QED) is 0.281. The first kappa shape index (κ1) is 22.4. The molecule has 0 radical (unpaired) electrons. The van der Waals surface area contributed by atoms with E-state index in [0.717, 1.165) is 35.3 Å². The Morgan fingerprint density at radius 3 is 2.58 bits per heavy atom. The highest BCUT2D eigenvalue weighted by atomic mass is 32.1. The molecule has 8 nitrogen and oxygen atoms in total. The highest BCUT2D eigenvalue weighted by Gasteiger charge is 2.06. The van der Waals surface area contributed by atoms with Crippen molar-refractivity contribution in [3.05, 3.63) is 58.4 Å². The number of hydrogen-bond donors (Lipinski definition) is 4. The van der Waals surface area contributed by atoms with E-state index >= 15 is 0 Å². The number of ether oxygens (including phenoxy) is 2. The number of aromatic amines is 1. The van der Waals surface area contributed by atoms with Gasteiger partial charge in [0.15, 0.2) is 10.9 Å². The maximum Gasteiger partial charge on any atom is 0.272 e. The van der Waals surface area contributed by atoms with E-state index < -0.39 is 0 Å². The van der Waals surface area contributed by atoms with E-state index in [1.165, 1.54) is 0 Å². The summed E-state index contributed by atoms with van der Waals surface area (Å²) in [7, 11) is 3.30. The van der Waals surface area contributed by atoms with Crippen molar-refractivity contribution in [1.29, 1.82) is 0 Å². The minimum Gasteiger partial charge on any atom is -0.497 e. The molecule has 0 saturated heterocycles. The summed E-state index contributed by atoms with van der Waals surface area (Å²) in [6.45, 7) is 2.09. The van der Waals surface area contributed by atoms with Gasteiger partial charge in [0, 0.05) is 25.0 Å². The van der Waals surface area contributed by atoms with Crippen molar-refractivity contribution >= 4 is 33.9 Å². The topological polar surface area (TPSA) is 100 Å². The number of H-pyrrole nitrogens is 1. The molecule has 4 N–H and O–H groups in total. The summed E-state index contributed by atoms with van der Waals surface area (Å²) in [6.07, 6.45) is 1.59. The molecule has 0 saturated carbocycles. The van der Waals surface area contributed by atoms with Crippen LogP contribution in [-0.2, 0) is 6.42 Å². The first-order chi connectivity index (χ1) is 15.1. The van der Waals surface area contributed by atoms with Crippen molar-refractivity contribution in [2.24, 2.45) is 0 Å². The van der Waals surface area contributed by atoms with E-state index in [-0.39, 0.29) is 5.56 Å². The second kappa shape index (κ2) is 11.2. The lowest BCUT2D eigenvalue weighted by Gasteiger charge is -2.13. The van der Waals surface area contributed by atoms with Gasteiger partial charge >= 0.3 is 0 Å². The molecule has 0 bridgehead atoms. The number of nitrogens with one attached hydrogen (secondary N) is 4. The second-order valence-corrected chi connectivity index (χ2v) is 7.25. The summed E-state index contributed by atoms with van der Waals surface area (Å²) < 4.78 is 10.7. The number of benzene rings is 2. The van der Waals surface area contributed by atoms with Crippen LogP contribution in [0.3, 0.4) is 0 Å². The van der Waals surface area contributed by atoms with Crippen LogP contribution in [0.1, 0.15) is 12.0 Å². The van der Waals surface area contributed by atoms with Gasteiger partial charge in [-0.25, -0.2) is 5.10 Å². The molecule has 2 aromatic carbocycles. The van der Waals surface area contributed by atoms with Gasteiger partial charge in [-0.3, -0.25) is 4.79 Å². The van der Waals surface area contributed by atoms with Crippen LogP contribution in [0.25, 0.3) is 10.8 Å². The van der Waals surface area contributed by atoms with Crippen LogP contribution in [0, 0.1) is 0 Å². The normalized spacial score (nSPS) is 10.5. The zero-order valence-electron chi connectivity index (χ0n) is 17.7. The van der Waals surface area contributed by atoms with Crippen LogP contribution in [0.15, 0.2) is 47.3 Å². The summed E-state index contributed by atoms with van der Waals surface area (Å²) in [4.78, 5) is 11.8. The van der Waals surface area contributed by atoms with Gasteiger partial charge in [-0.05, 0) is 54.9 Å². The fourth-order valence-electron chi connectivity index (χ4n) is 3.20. The fraction of sp³-hybridized carbons (Fsp3) is 0.318. The molecule has 1 aromatic heterocycles. The molecule has 3 aromatic rings. The smallest absolute Gasteiger partial charge is 0.272 e. The van der Waals surface area contributed by atoms with Crippen molar-refractivity contribution in [1.82, 2.24) is 20.8 Å². The van der Waals surface area contributed by atoms with Crippen molar-refractivity contribution in [2.75, 3.05) is 39.2 Å². The average Bonchev–Trinajstić information content (AvgIpc) is 2.80. The van der Waals surface area contributed by atoms with Gasteiger partial charge in [-0.2, -0.15) is 5.10 Å². The lowest BCUT2D eigenvalue weighted by atomic mass is 10.1. The zero-order chi connectivity index (χ0) is 22.1. The molecule has 0 unspecified atom stereocenters. The third-order valence-corrected chi connectivity index (χ3v) is 5.08. The number of thiocarbonyl (C=S) groups is 1. The Bertz CT molecular complexity index is 1090. The van der Waals surface area contributed by atoms with Gasteiger partial charge in [0.25, 0.3) is 5.56 Å². The van der Waals surface area contributed by atoms with Crippen molar-refractivity contribution < 1.29 is 9.47 Å². The SMILES string of the molecule is COc1ccc(OC)c(CCNC(=S)NCCCNc2n[nH]c(=O)c3ccccc23)c1. The molecule has 0 fully saturated rings. The zero-order valence-corrected chi connectivity index (χ0v) is 18.5. The molecule has 0 aliphatic rings. The van der Waals surface area contributed by atoms with Crippen LogP contribution in [0.2, 0.25) is 0 Å². The molecule has 0 spiro atoms. The van der Waals surface area contributed by atoms with Gasteiger partial charge in [0.1, 0.15) is 11.5 Å². The van der Waals surface area contributed by atoms with E-state index in [1.807, 2.05) is 36.4 Å². The van der Waals surface area contributed by atoms with Crippen LogP contribution in [0.5, 0.6) is 11.5 Å². The van der Waals surface area contributed by atoms with Crippen LogP contribution in [0.4, 0.5) is 5.82 Å². The summed E-state index contributed by atoms with van der Waals surface area (Å²) in [5.41, 5.74) is 0.868. The molecule has 31 heavy (non-hydrogen) atoms. The first-order valence-corrected chi connectivity index (χ1v) is 10.5. The highest BCUT2D eigenvalue weighted by molar-refractivity contribution is 7.80. The summed E-state index contributed by atoms with van der Waals surface area (Å²) in [6, 6.07) is 13.1. The number of aromatic nitrogens is 2. The Hall–Kier alpha value is -3.33. The largest absolute Gasteiger partial charge is 0.497 e. The van der Waals surface area contributed by atoms with Crippen LogP contribution in [-0.4, -0.2) is 49.2 Å². The minimum absolute atomic E-state index is 0.189. The monoisotopic (exact) mass is 441 g/mol. The van der Waals surface area contributed by atoms with Gasteiger partial charge < -0.3 is 25.4 Å². The van der Waals surface area contributed by atoms with Crippen molar-refractivity contribution in [2.45, 2.75) is 12.8 Å². The minimum atomic E-state index is -0.189. The highest BCUT2D eigenvalue weighted by Crippen LogP contribution is 2.24. The van der Waals surface area contributed by atoms with E-state index in [0.29, 0.717) is 36.0 Å². The van der Waals surface area contributed by atoms with Gasteiger partial charge in [0.2, 0.25) is 0 Å². The summed E-state index contributed by atoms with van der Waals surface area (Å²) in [5, 5.41) is 18.3. The number of rotatable bonds is 10. The lowest BCUT2D eigenvalue weighted by Crippen LogP contribution is -2.37. The summed E-state index contributed by atoms with van der Waals surface area (Å²) >= 11 is 5.35. The molecule has 164 valence electrons. The Morgan fingerprint density at radius 2 is 1.81 bits per heavy atom. The van der Waals surface area contributed by atoms with E-state index in [4.69, 9.17) is 21.7 Å². The maximum atomic E-state index is 11.8. The molecule has 0 amide bonds. The molecule has 0 aliphatic carbocycles. The van der Waals surface area contributed by atoms with E-state index in [1.54, 1.807) is 20.3 Å². The molecular formula is C22H27N5O3S. The Kier molecular flexibility index (Phi) is 8.05. The predicted molar refractivity (Wildman–Crippen MR) is 127 cm³/mol. The summed E-state index contributed by atoms with van der Waals surface area (Å²) in [5.74, 6) is 2.30. The fourth-order valence-corrected chi connectivity index (χ4v) is 3.40. The number of anilines is 1. The third-order valence-electron chi connectivity index (χ3n) is 4.80. The molecule has 0 atom stereocenters. The lowest BCUT2D eigenvalue weighted by molar-refractivity contribution is 0.398. The molecule has 9 heteroatoms. The predicted octanol–water partition coefficient (Wildman–Crippen LogP) is 2.45. The number of hydrogen-bond acceptors (Lipinski definition) is 6. The van der Waals surface area contributed by atoms with Crippen molar-refractivity contribution in [3.8, 4) is 11.5 Å². The first-order valence-electron chi connectivity index (χ1n) is 10.1. The van der Waals surface area contributed by atoms with Gasteiger partial charge in [-0.15, -0.1) is 0 Å². The average molecular weight is 442 g/mol. The molecule has 1 heterocycles. The van der Waals surface area contributed by atoms with Crippen LogP contribution < -0.4 is 31.0 Å². The number of methoxy groups -OCH3 is 2. The van der Waals surface area contributed by atoms with E-state index in [9.17, 15) is 4.79 Å². The van der Waals surface area contributed by atoms with Gasteiger partial charge in [0.05, 0.1) is 19.6 Å². The second-order valence-electron chi connectivity index (χ2n) is 6.84. The van der Waals surface area contributed by atoms with E-state index in [2.05, 4.69) is 26.1 Å².